The summed E-state index contributed by atoms with van der Waals surface area (Å²) in [6, 6.07) is 1.38. The standard InChI is InChI=1S/C12H14ClN3O/c1-3-5-8(4-2)16-12(17)9-6-11(13)15-7-10(9)14/h1,6-8H,4-5,14H2,2H3,(H,16,17). The van der Waals surface area contributed by atoms with Crippen LogP contribution in [0.5, 0.6) is 0 Å². The predicted octanol–water partition coefficient (Wildman–Crippen LogP) is 1.85. The lowest BCUT2D eigenvalue weighted by Crippen LogP contribution is -2.34. The van der Waals surface area contributed by atoms with Gasteiger partial charge in [-0.15, -0.1) is 12.3 Å². The summed E-state index contributed by atoms with van der Waals surface area (Å²) in [4.78, 5) is 15.7. The molecule has 1 amide bonds. The first kappa shape index (κ1) is 13.3. The Kier molecular flexibility index (Phi) is 4.80. The van der Waals surface area contributed by atoms with E-state index in [0.29, 0.717) is 17.7 Å². The number of nitrogen functional groups attached to an aromatic ring is 1. The van der Waals surface area contributed by atoms with Gasteiger partial charge in [0.2, 0.25) is 0 Å². The summed E-state index contributed by atoms with van der Waals surface area (Å²) < 4.78 is 0. The summed E-state index contributed by atoms with van der Waals surface area (Å²) in [7, 11) is 0. The van der Waals surface area contributed by atoms with Crippen LogP contribution >= 0.6 is 11.6 Å². The highest BCUT2D eigenvalue weighted by atomic mass is 35.5. The van der Waals surface area contributed by atoms with Gasteiger partial charge in [-0.3, -0.25) is 4.79 Å². The Labute approximate surface area is 106 Å². The van der Waals surface area contributed by atoms with Crippen LogP contribution in [0.25, 0.3) is 0 Å². The number of aromatic nitrogens is 1. The molecule has 1 atom stereocenters. The first-order chi connectivity index (χ1) is 8.08. The van der Waals surface area contributed by atoms with Gasteiger partial charge in [0.1, 0.15) is 5.15 Å². The smallest absolute Gasteiger partial charge is 0.253 e. The Morgan fingerprint density at radius 1 is 1.76 bits per heavy atom. The molecule has 1 aromatic heterocycles. The maximum absolute atomic E-state index is 11.9. The fourth-order valence-electron chi connectivity index (χ4n) is 1.34. The average Bonchev–Trinajstić information content (AvgIpc) is 2.31. The molecule has 5 heteroatoms. The van der Waals surface area contributed by atoms with E-state index in [1.54, 1.807) is 0 Å². The molecule has 0 saturated carbocycles. The minimum atomic E-state index is -0.283. The van der Waals surface area contributed by atoms with Gasteiger partial charge in [-0.2, -0.15) is 0 Å². The average molecular weight is 252 g/mol. The predicted molar refractivity (Wildman–Crippen MR) is 68.7 cm³/mol. The Balaban J connectivity index is 2.82. The van der Waals surface area contributed by atoms with Crippen LogP contribution in [-0.2, 0) is 0 Å². The van der Waals surface area contributed by atoms with E-state index >= 15 is 0 Å². The van der Waals surface area contributed by atoms with E-state index in [4.69, 9.17) is 23.8 Å². The molecule has 1 aromatic rings. The molecular weight excluding hydrogens is 238 g/mol. The van der Waals surface area contributed by atoms with Crippen molar-refractivity contribution >= 4 is 23.2 Å². The number of nitrogens with one attached hydrogen (secondary N) is 1. The van der Waals surface area contributed by atoms with E-state index in [1.807, 2.05) is 6.92 Å². The summed E-state index contributed by atoms with van der Waals surface area (Å²) in [6.45, 7) is 1.95. The van der Waals surface area contributed by atoms with Crippen molar-refractivity contribution in [1.29, 1.82) is 0 Å². The number of nitrogens with two attached hydrogens (primary N) is 1. The first-order valence-electron chi connectivity index (χ1n) is 5.23. The number of nitrogens with zero attached hydrogens (tertiary/aromatic N) is 1. The van der Waals surface area contributed by atoms with E-state index in [1.165, 1.54) is 12.3 Å². The topological polar surface area (TPSA) is 68.0 Å². The summed E-state index contributed by atoms with van der Waals surface area (Å²) in [5.41, 5.74) is 6.27. The highest BCUT2D eigenvalue weighted by Gasteiger charge is 2.14. The summed E-state index contributed by atoms with van der Waals surface area (Å²) in [5.74, 6) is 2.23. The lowest BCUT2D eigenvalue weighted by atomic mass is 10.1. The van der Waals surface area contributed by atoms with Crippen LogP contribution < -0.4 is 11.1 Å². The number of hydrogen-bond donors (Lipinski definition) is 2. The number of carbonyl (C=O) groups is 1. The molecule has 4 nitrogen and oxygen atoms in total. The third-order valence-electron chi connectivity index (χ3n) is 2.34. The summed E-state index contributed by atoms with van der Waals surface area (Å²) >= 11 is 5.71. The highest BCUT2D eigenvalue weighted by Crippen LogP contribution is 2.15. The molecule has 0 spiro atoms. The quantitative estimate of drug-likeness (QED) is 0.634. The van der Waals surface area contributed by atoms with E-state index < -0.39 is 0 Å². The second kappa shape index (κ2) is 6.12. The number of anilines is 1. The minimum Gasteiger partial charge on any atom is -0.397 e. The van der Waals surface area contributed by atoms with Crippen LogP contribution in [0.2, 0.25) is 5.15 Å². The molecule has 0 saturated heterocycles. The van der Waals surface area contributed by atoms with E-state index in [0.717, 1.165) is 6.42 Å². The molecule has 0 aliphatic rings. The molecule has 3 N–H and O–H groups in total. The third-order valence-corrected chi connectivity index (χ3v) is 2.55. The van der Waals surface area contributed by atoms with Crippen LogP contribution in [-0.4, -0.2) is 16.9 Å². The minimum absolute atomic E-state index is 0.0566. The van der Waals surface area contributed by atoms with Crippen molar-refractivity contribution in [3.8, 4) is 12.3 Å². The Bertz CT molecular complexity index is 454. The van der Waals surface area contributed by atoms with Gasteiger partial charge in [0.15, 0.2) is 0 Å². The molecule has 0 bridgehead atoms. The van der Waals surface area contributed by atoms with E-state index in [2.05, 4.69) is 16.2 Å². The highest BCUT2D eigenvalue weighted by molar-refractivity contribution is 6.29. The van der Waals surface area contributed by atoms with E-state index in [-0.39, 0.29) is 17.1 Å². The maximum atomic E-state index is 11.9. The van der Waals surface area contributed by atoms with Crippen molar-refractivity contribution in [1.82, 2.24) is 10.3 Å². The van der Waals surface area contributed by atoms with Gasteiger partial charge in [-0.05, 0) is 12.5 Å². The molecule has 0 aliphatic carbocycles. The van der Waals surface area contributed by atoms with Crippen LogP contribution in [0, 0.1) is 12.3 Å². The molecule has 0 aliphatic heterocycles. The Morgan fingerprint density at radius 2 is 2.47 bits per heavy atom. The zero-order valence-electron chi connectivity index (χ0n) is 9.53. The number of rotatable bonds is 4. The fourth-order valence-corrected chi connectivity index (χ4v) is 1.50. The van der Waals surface area contributed by atoms with Crippen LogP contribution in [0.3, 0.4) is 0 Å². The lowest BCUT2D eigenvalue weighted by Gasteiger charge is -2.15. The van der Waals surface area contributed by atoms with Crippen LogP contribution in [0.15, 0.2) is 12.3 Å². The number of pyridine rings is 1. The number of halogens is 1. The van der Waals surface area contributed by atoms with Crippen LogP contribution in [0.1, 0.15) is 30.1 Å². The number of hydrogen-bond acceptors (Lipinski definition) is 3. The van der Waals surface area contributed by atoms with Crippen molar-refractivity contribution in [2.45, 2.75) is 25.8 Å². The second-order valence-electron chi connectivity index (χ2n) is 3.58. The first-order valence-corrected chi connectivity index (χ1v) is 5.61. The lowest BCUT2D eigenvalue weighted by molar-refractivity contribution is 0.0937. The van der Waals surface area contributed by atoms with E-state index in [9.17, 15) is 4.79 Å². The van der Waals surface area contributed by atoms with Gasteiger partial charge in [-0.1, -0.05) is 18.5 Å². The van der Waals surface area contributed by atoms with Crippen molar-refractivity contribution in [2.24, 2.45) is 0 Å². The molecule has 1 unspecified atom stereocenters. The monoisotopic (exact) mass is 251 g/mol. The molecular formula is C12H14ClN3O. The normalized spacial score (nSPS) is 11.6. The van der Waals surface area contributed by atoms with Crippen molar-refractivity contribution in [3.63, 3.8) is 0 Å². The van der Waals surface area contributed by atoms with Crippen molar-refractivity contribution in [2.75, 3.05) is 5.73 Å². The Hall–Kier alpha value is -1.73. The molecule has 0 fully saturated rings. The number of amides is 1. The largest absolute Gasteiger partial charge is 0.397 e. The van der Waals surface area contributed by atoms with Crippen LogP contribution in [0.4, 0.5) is 5.69 Å². The van der Waals surface area contributed by atoms with Gasteiger partial charge in [0, 0.05) is 12.5 Å². The summed E-state index contributed by atoms with van der Waals surface area (Å²) in [5, 5.41) is 3.03. The SMILES string of the molecule is C#CCC(CC)NC(=O)c1cc(Cl)ncc1N. The molecule has 1 rings (SSSR count). The third kappa shape index (κ3) is 3.65. The molecule has 17 heavy (non-hydrogen) atoms. The molecule has 90 valence electrons. The van der Waals surface area contributed by atoms with Gasteiger partial charge in [0.05, 0.1) is 17.4 Å². The molecule has 1 heterocycles. The van der Waals surface area contributed by atoms with Crippen molar-refractivity contribution in [3.05, 3.63) is 23.0 Å². The van der Waals surface area contributed by atoms with Gasteiger partial charge < -0.3 is 11.1 Å². The van der Waals surface area contributed by atoms with Gasteiger partial charge in [-0.25, -0.2) is 4.98 Å². The van der Waals surface area contributed by atoms with Gasteiger partial charge >= 0.3 is 0 Å². The summed E-state index contributed by atoms with van der Waals surface area (Å²) in [6.07, 6.45) is 7.82. The van der Waals surface area contributed by atoms with Gasteiger partial charge in [0.25, 0.3) is 5.91 Å². The number of carbonyl (C=O) groups excluding carboxylic acids is 1. The molecule has 0 aromatic carbocycles. The zero-order chi connectivity index (χ0) is 12.8. The Morgan fingerprint density at radius 3 is 3.06 bits per heavy atom. The fraction of sp³-hybridized carbons (Fsp3) is 0.333. The second-order valence-corrected chi connectivity index (χ2v) is 3.97. The molecule has 0 radical (unpaired) electrons. The zero-order valence-corrected chi connectivity index (χ0v) is 10.3. The maximum Gasteiger partial charge on any atom is 0.253 e. The van der Waals surface area contributed by atoms with Crippen molar-refractivity contribution < 1.29 is 4.79 Å². The number of terminal acetylenes is 1.